The molecular formula is C20H19N5O4. The summed E-state index contributed by atoms with van der Waals surface area (Å²) < 4.78 is 12.6. The van der Waals surface area contributed by atoms with E-state index in [0.717, 1.165) is 5.69 Å². The predicted molar refractivity (Wildman–Crippen MR) is 105 cm³/mol. The second-order valence-electron chi connectivity index (χ2n) is 6.36. The Bertz CT molecular complexity index is 1030. The molecule has 0 bridgehead atoms. The van der Waals surface area contributed by atoms with E-state index in [-0.39, 0.29) is 24.4 Å². The molecule has 1 aliphatic heterocycles. The third-order valence-corrected chi connectivity index (χ3v) is 4.28. The fourth-order valence-corrected chi connectivity index (χ4v) is 2.83. The first kappa shape index (κ1) is 18.5. The van der Waals surface area contributed by atoms with E-state index in [2.05, 4.69) is 20.7 Å². The molecule has 0 saturated heterocycles. The van der Waals surface area contributed by atoms with Gasteiger partial charge in [0.1, 0.15) is 12.1 Å². The van der Waals surface area contributed by atoms with Gasteiger partial charge in [-0.3, -0.25) is 9.59 Å². The van der Waals surface area contributed by atoms with E-state index < -0.39 is 6.10 Å². The van der Waals surface area contributed by atoms with Crippen molar-refractivity contribution in [3.05, 3.63) is 54.9 Å². The highest BCUT2D eigenvalue weighted by Crippen LogP contribution is 2.30. The van der Waals surface area contributed by atoms with Gasteiger partial charge in [0.15, 0.2) is 12.7 Å². The summed E-state index contributed by atoms with van der Waals surface area (Å²) in [5, 5.41) is 9.76. The summed E-state index contributed by atoms with van der Waals surface area (Å²) in [6.45, 7) is 1.78. The number of nitrogens with one attached hydrogen (secondary N) is 2. The first-order valence-electron chi connectivity index (χ1n) is 9.13. The first-order valence-corrected chi connectivity index (χ1v) is 9.13. The van der Waals surface area contributed by atoms with Crippen molar-refractivity contribution in [3.63, 3.8) is 0 Å². The first-order chi connectivity index (χ1) is 14.1. The lowest BCUT2D eigenvalue weighted by Gasteiger charge is -2.19. The van der Waals surface area contributed by atoms with Crippen LogP contribution < -0.4 is 20.1 Å². The number of rotatable bonds is 6. The molecule has 29 heavy (non-hydrogen) atoms. The lowest BCUT2D eigenvalue weighted by Crippen LogP contribution is -2.33. The van der Waals surface area contributed by atoms with Crippen molar-refractivity contribution in [1.29, 1.82) is 0 Å². The minimum absolute atomic E-state index is 0.0547. The van der Waals surface area contributed by atoms with Crippen molar-refractivity contribution in [2.24, 2.45) is 0 Å². The Morgan fingerprint density at radius 2 is 2.14 bits per heavy atom. The number of fused-ring (bicyclic) bond motifs is 1. The number of carbonyl (C=O) groups excluding carboxylic acids is 2. The maximum Gasteiger partial charge on any atom is 0.336 e. The van der Waals surface area contributed by atoms with E-state index in [1.54, 1.807) is 22.9 Å². The average Bonchev–Trinajstić information content (AvgIpc) is 3.21. The van der Waals surface area contributed by atoms with Gasteiger partial charge >= 0.3 is 6.01 Å². The Labute approximate surface area is 166 Å². The number of nitrogens with zero attached hydrogens (tertiary/aromatic N) is 3. The predicted octanol–water partition coefficient (Wildman–Crippen LogP) is 2.39. The van der Waals surface area contributed by atoms with Crippen LogP contribution >= 0.6 is 0 Å². The molecule has 9 heteroatoms. The van der Waals surface area contributed by atoms with Crippen molar-refractivity contribution in [2.75, 3.05) is 17.2 Å². The summed E-state index contributed by atoms with van der Waals surface area (Å²) in [5.74, 6) is -0.0424. The van der Waals surface area contributed by atoms with Crippen LogP contribution in [0.25, 0.3) is 5.69 Å². The Morgan fingerprint density at radius 1 is 1.31 bits per heavy atom. The third-order valence-electron chi connectivity index (χ3n) is 4.28. The molecule has 1 unspecified atom stereocenters. The Hall–Kier alpha value is -3.88. The number of anilines is 2. The second-order valence-corrected chi connectivity index (χ2v) is 6.36. The molecule has 148 valence electrons. The topological polar surface area (TPSA) is 107 Å². The van der Waals surface area contributed by atoms with E-state index >= 15 is 0 Å². The van der Waals surface area contributed by atoms with Crippen LogP contribution in [0.1, 0.15) is 13.3 Å². The van der Waals surface area contributed by atoms with Crippen LogP contribution in [0.3, 0.4) is 0 Å². The molecule has 9 nitrogen and oxygen atoms in total. The normalized spacial score (nSPS) is 13.6. The minimum Gasteiger partial charge on any atom is -0.482 e. The van der Waals surface area contributed by atoms with Crippen LogP contribution in [-0.4, -0.2) is 39.3 Å². The number of amides is 2. The molecule has 0 fully saturated rings. The quantitative estimate of drug-likeness (QED) is 0.666. The Kier molecular flexibility index (Phi) is 5.10. The van der Waals surface area contributed by atoms with E-state index in [0.29, 0.717) is 23.5 Å². The fourth-order valence-electron chi connectivity index (χ4n) is 2.83. The van der Waals surface area contributed by atoms with Crippen molar-refractivity contribution >= 4 is 23.2 Å². The molecule has 0 aliphatic carbocycles. The van der Waals surface area contributed by atoms with Gasteiger partial charge in [-0.25, -0.2) is 4.68 Å². The second kappa shape index (κ2) is 8.01. The minimum atomic E-state index is -0.765. The summed E-state index contributed by atoms with van der Waals surface area (Å²) in [6, 6.07) is 14.6. The molecule has 0 saturated carbocycles. The molecule has 2 aromatic carbocycles. The van der Waals surface area contributed by atoms with Gasteiger partial charge in [-0.1, -0.05) is 25.1 Å². The van der Waals surface area contributed by atoms with Gasteiger partial charge in [0.2, 0.25) is 0 Å². The van der Waals surface area contributed by atoms with Crippen molar-refractivity contribution in [2.45, 2.75) is 19.4 Å². The maximum atomic E-state index is 12.6. The molecule has 1 atom stereocenters. The van der Waals surface area contributed by atoms with Gasteiger partial charge in [0, 0.05) is 11.8 Å². The molecule has 4 rings (SSSR count). The fraction of sp³-hybridized carbons (Fsp3) is 0.200. The number of para-hydroxylation sites is 1. The van der Waals surface area contributed by atoms with Gasteiger partial charge in [-0.05, 0) is 30.7 Å². The molecule has 2 N–H and O–H groups in total. The number of hydrogen-bond acceptors (Lipinski definition) is 6. The van der Waals surface area contributed by atoms with Crippen LogP contribution in [0, 0.1) is 0 Å². The highest BCUT2D eigenvalue weighted by Gasteiger charge is 2.22. The van der Waals surface area contributed by atoms with Gasteiger partial charge in [-0.2, -0.15) is 4.98 Å². The smallest absolute Gasteiger partial charge is 0.336 e. The average molecular weight is 393 g/mol. The number of carbonyl (C=O) groups is 2. The number of hydrogen-bond donors (Lipinski definition) is 2. The highest BCUT2D eigenvalue weighted by atomic mass is 16.5. The zero-order valence-electron chi connectivity index (χ0n) is 15.7. The van der Waals surface area contributed by atoms with Crippen LogP contribution in [0.15, 0.2) is 54.9 Å². The van der Waals surface area contributed by atoms with E-state index in [1.165, 1.54) is 6.33 Å². The summed E-state index contributed by atoms with van der Waals surface area (Å²) in [4.78, 5) is 28.1. The standard InChI is InChI=1S/C20H19N5O4/c1-2-16(29-20-21-12-25(24-20)14-6-4-3-5-7-14)19(27)22-13-8-9-15-17(10-13)28-11-18(26)23-15/h3-10,12,16H,2,11H2,1H3,(H,22,27)(H,23,26). The SMILES string of the molecule is CCC(Oc1ncn(-c2ccccc2)n1)C(=O)Nc1ccc2c(c1)OCC(=O)N2. The van der Waals surface area contributed by atoms with Gasteiger partial charge in [0.25, 0.3) is 11.8 Å². The number of aromatic nitrogens is 3. The van der Waals surface area contributed by atoms with Crippen LogP contribution in [0.4, 0.5) is 11.4 Å². The van der Waals surface area contributed by atoms with Crippen LogP contribution in [-0.2, 0) is 9.59 Å². The molecule has 3 aromatic rings. The molecule has 0 radical (unpaired) electrons. The van der Waals surface area contributed by atoms with Crippen LogP contribution in [0.2, 0.25) is 0 Å². The van der Waals surface area contributed by atoms with E-state index in [1.807, 2.05) is 37.3 Å². The molecule has 1 aromatic heterocycles. The molecular weight excluding hydrogens is 374 g/mol. The highest BCUT2D eigenvalue weighted by molar-refractivity contribution is 5.97. The van der Waals surface area contributed by atoms with Gasteiger partial charge in [-0.15, -0.1) is 5.10 Å². The summed E-state index contributed by atoms with van der Waals surface area (Å²) >= 11 is 0. The van der Waals surface area contributed by atoms with Crippen LogP contribution in [0.5, 0.6) is 11.8 Å². The maximum absolute atomic E-state index is 12.6. The zero-order valence-corrected chi connectivity index (χ0v) is 15.7. The van der Waals surface area contributed by atoms with Crippen molar-refractivity contribution in [3.8, 4) is 17.4 Å². The summed E-state index contributed by atoms with van der Waals surface area (Å²) in [6.07, 6.45) is 1.20. The van der Waals surface area contributed by atoms with Crippen molar-refractivity contribution in [1.82, 2.24) is 14.8 Å². The molecule has 1 aliphatic rings. The van der Waals surface area contributed by atoms with Gasteiger partial charge < -0.3 is 20.1 Å². The summed E-state index contributed by atoms with van der Waals surface area (Å²) in [7, 11) is 0. The molecule has 2 amide bonds. The Morgan fingerprint density at radius 3 is 2.93 bits per heavy atom. The molecule has 2 heterocycles. The largest absolute Gasteiger partial charge is 0.482 e. The van der Waals surface area contributed by atoms with Gasteiger partial charge in [0.05, 0.1) is 11.4 Å². The lowest BCUT2D eigenvalue weighted by molar-refractivity contribution is -0.123. The van der Waals surface area contributed by atoms with Crippen molar-refractivity contribution < 1.29 is 19.1 Å². The monoisotopic (exact) mass is 393 g/mol. The van der Waals surface area contributed by atoms with E-state index in [9.17, 15) is 9.59 Å². The van der Waals surface area contributed by atoms with E-state index in [4.69, 9.17) is 9.47 Å². The number of benzene rings is 2. The zero-order chi connectivity index (χ0) is 20.2. The Balaban J connectivity index is 1.42. The lowest BCUT2D eigenvalue weighted by atomic mass is 10.2. The molecule has 0 spiro atoms. The third kappa shape index (κ3) is 4.18. The summed E-state index contributed by atoms with van der Waals surface area (Å²) in [5.41, 5.74) is 1.95. The number of ether oxygens (including phenoxy) is 2.